The van der Waals surface area contributed by atoms with Gasteiger partial charge in [-0.2, -0.15) is 0 Å². The molecule has 7 nitrogen and oxygen atoms in total. The Morgan fingerprint density at radius 2 is 1.72 bits per heavy atom. The first-order chi connectivity index (χ1) is 13.9. The van der Waals surface area contributed by atoms with Crippen LogP contribution in [-0.4, -0.2) is 33.9 Å². The van der Waals surface area contributed by atoms with Crippen molar-refractivity contribution in [3.8, 4) is 34.3 Å². The van der Waals surface area contributed by atoms with E-state index in [0.717, 1.165) is 16.7 Å². The van der Waals surface area contributed by atoms with E-state index in [9.17, 15) is 5.11 Å². The number of H-pyrrole nitrogens is 1. The molecule has 4 N–H and O–H groups in total. The Kier molecular flexibility index (Phi) is 4.58. The van der Waals surface area contributed by atoms with Crippen LogP contribution in [0.25, 0.3) is 28.1 Å². The molecule has 0 saturated carbocycles. The van der Waals surface area contributed by atoms with Gasteiger partial charge in [0, 0.05) is 18.2 Å². The zero-order valence-corrected chi connectivity index (χ0v) is 16.9. The highest BCUT2D eigenvalue weighted by Crippen LogP contribution is 2.44. The molecule has 0 aliphatic carbocycles. The number of imidazole rings is 1. The zero-order valence-electron chi connectivity index (χ0n) is 16.9. The third-order valence-electron chi connectivity index (χ3n) is 4.98. The maximum atomic E-state index is 11.1. The van der Waals surface area contributed by atoms with Gasteiger partial charge in [0.05, 0.1) is 36.6 Å². The van der Waals surface area contributed by atoms with Gasteiger partial charge < -0.3 is 25.3 Å². The molecule has 0 spiro atoms. The van der Waals surface area contributed by atoms with Crippen LogP contribution < -0.4 is 15.2 Å². The first-order valence-electron chi connectivity index (χ1n) is 9.36. The van der Waals surface area contributed by atoms with Crippen molar-refractivity contribution in [2.24, 2.45) is 0 Å². The molecule has 0 radical (unpaired) electrons. The van der Waals surface area contributed by atoms with Crippen molar-refractivity contribution in [1.29, 1.82) is 0 Å². The van der Waals surface area contributed by atoms with Gasteiger partial charge in [-0.15, -0.1) is 0 Å². The van der Waals surface area contributed by atoms with E-state index in [-0.39, 0.29) is 11.7 Å². The summed E-state index contributed by atoms with van der Waals surface area (Å²) in [7, 11) is 3.19. The van der Waals surface area contributed by atoms with Gasteiger partial charge in [0.1, 0.15) is 34.5 Å². The van der Waals surface area contributed by atoms with E-state index in [0.29, 0.717) is 34.4 Å². The minimum Gasteiger partial charge on any atom is -0.505 e. The second-order valence-electron chi connectivity index (χ2n) is 7.16. The number of rotatable bonds is 5. The van der Waals surface area contributed by atoms with Crippen LogP contribution >= 0.6 is 0 Å². The lowest BCUT2D eigenvalue weighted by Crippen LogP contribution is -2.06. The van der Waals surface area contributed by atoms with Gasteiger partial charge in [0.25, 0.3) is 0 Å². The molecule has 0 fully saturated rings. The molecule has 0 saturated heterocycles. The number of nitrogens with zero attached hydrogens (tertiary/aromatic N) is 2. The summed E-state index contributed by atoms with van der Waals surface area (Å²) in [6, 6.07) is 13.2. The summed E-state index contributed by atoms with van der Waals surface area (Å²) in [6.07, 6.45) is 0. The van der Waals surface area contributed by atoms with Crippen molar-refractivity contribution >= 4 is 16.9 Å². The Morgan fingerprint density at radius 3 is 2.31 bits per heavy atom. The molecule has 4 rings (SSSR count). The summed E-state index contributed by atoms with van der Waals surface area (Å²) >= 11 is 0. The molecule has 29 heavy (non-hydrogen) atoms. The molecule has 2 heterocycles. The maximum Gasteiger partial charge on any atom is 0.150 e. The number of methoxy groups -OCH3 is 2. The molecule has 4 aromatic rings. The van der Waals surface area contributed by atoms with Gasteiger partial charge in [-0.05, 0) is 18.1 Å². The van der Waals surface area contributed by atoms with Crippen molar-refractivity contribution in [3.63, 3.8) is 0 Å². The first-order valence-corrected chi connectivity index (χ1v) is 9.36. The summed E-state index contributed by atoms with van der Waals surface area (Å²) in [5, 5.41) is 11.1. The lowest BCUT2D eigenvalue weighted by atomic mass is 10.1. The topological polar surface area (TPSA) is 98.3 Å². The summed E-state index contributed by atoms with van der Waals surface area (Å²) in [6.45, 7) is 4.01. The van der Waals surface area contributed by atoms with Crippen molar-refractivity contribution < 1.29 is 14.6 Å². The number of aromatic nitrogens is 3. The minimum absolute atomic E-state index is 0.00706. The highest BCUT2D eigenvalue weighted by atomic mass is 16.5. The molecule has 0 unspecified atom stereocenters. The zero-order chi connectivity index (χ0) is 20.7. The van der Waals surface area contributed by atoms with E-state index >= 15 is 0 Å². The number of aromatic hydroxyl groups is 1. The van der Waals surface area contributed by atoms with E-state index < -0.39 is 0 Å². The molecule has 150 valence electrons. The third kappa shape index (κ3) is 3.04. The summed E-state index contributed by atoms with van der Waals surface area (Å²) < 4.78 is 12.6. The average Bonchev–Trinajstić information content (AvgIpc) is 3.25. The number of benzene rings is 2. The number of fused-ring (bicyclic) bond motifs is 1. The van der Waals surface area contributed by atoms with Crippen LogP contribution in [0.3, 0.4) is 0 Å². The minimum atomic E-state index is 0.00706. The summed E-state index contributed by atoms with van der Waals surface area (Å²) in [4.78, 5) is 7.88. The van der Waals surface area contributed by atoms with Crippen molar-refractivity contribution in [3.05, 3.63) is 48.2 Å². The number of ether oxygens (including phenoxy) is 2. The van der Waals surface area contributed by atoms with E-state index in [1.165, 1.54) is 0 Å². The predicted molar refractivity (Wildman–Crippen MR) is 114 cm³/mol. The fourth-order valence-electron chi connectivity index (χ4n) is 3.63. The Morgan fingerprint density at radius 1 is 1.07 bits per heavy atom. The average molecular weight is 392 g/mol. The number of aromatic amines is 1. The summed E-state index contributed by atoms with van der Waals surface area (Å²) in [5.41, 5.74) is 10.2. The van der Waals surface area contributed by atoms with Gasteiger partial charge in [0.15, 0.2) is 0 Å². The van der Waals surface area contributed by atoms with Crippen molar-refractivity contribution in [2.75, 3.05) is 20.0 Å². The fraction of sp³-hybridized carbons (Fsp3) is 0.227. The molecule has 0 aliphatic heterocycles. The molecule has 0 aliphatic rings. The number of hydrogen-bond donors (Lipinski definition) is 3. The van der Waals surface area contributed by atoms with Crippen molar-refractivity contribution in [1.82, 2.24) is 14.5 Å². The number of anilines is 1. The van der Waals surface area contributed by atoms with Gasteiger partial charge in [-0.3, -0.25) is 4.57 Å². The highest BCUT2D eigenvalue weighted by molar-refractivity contribution is 5.86. The number of nitrogens with one attached hydrogen (secondary N) is 1. The molecular formula is C22H24N4O3. The van der Waals surface area contributed by atoms with E-state index in [4.69, 9.17) is 15.2 Å². The normalized spacial score (nSPS) is 11.3. The number of para-hydroxylation sites is 2. The maximum absolute atomic E-state index is 11.1. The SMILES string of the molecule is COc1cc(OC)cc(-n2c(N)c(-c3nc4ccccc4[nH]3)c(O)c2C(C)C)c1. The molecule has 2 aromatic carbocycles. The van der Waals surface area contributed by atoms with Crippen LogP contribution in [0.2, 0.25) is 0 Å². The number of nitrogen functional groups attached to an aromatic ring is 1. The van der Waals surface area contributed by atoms with E-state index in [1.807, 2.05) is 54.8 Å². The Hall–Kier alpha value is -3.61. The molecule has 2 aromatic heterocycles. The monoisotopic (exact) mass is 392 g/mol. The van der Waals surface area contributed by atoms with Crippen LogP contribution in [0.1, 0.15) is 25.5 Å². The van der Waals surface area contributed by atoms with Gasteiger partial charge in [0.2, 0.25) is 0 Å². The van der Waals surface area contributed by atoms with Gasteiger partial charge >= 0.3 is 0 Å². The molecular weight excluding hydrogens is 368 g/mol. The Labute approximate surface area is 168 Å². The smallest absolute Gasteiger partial charge is 0.150 e. The first kappa shape index (κ1) is 18.7. The highest BCUT2D eigenvalue weighted by Gasteiger charge is 2.27. The largest absolute Gasteiger partial charge is 0.505 e. The predicted octanol–water partition coefficient (Wildman–Crippen LogP) is 4.45. The van der Waals surface area contributed by atoms with Crippen LogP contribution in [0.15, 0.2) is 42.5 Å². The number of hydrogen-bond acceptors (Lipinski definition) is 5. The Bertz CT molecular complexity index is 1140. The van der Waals surface area contributed by atoms with Gasteiger partial charge in [-0.1, -0.05) is 26.0 Å². The van der Waals surface area contributed by atoms with E-state index in [2.05, 4.69) is 9.97 Å². The lowest BCUT2D eigenvalue weighted by molar-refractivity contribution is 0.394. The Balaban J connectivity index is 1.99. The molecule has 0 atom stereocenters. The lowest BCUT2D eigenvalue weighted by Gasteiger charge is -2.16. The quantitative estimate of drug-likeness (QED) is 0.466. The molecule has 0 amide bonds. The third-order valence-corrected chi connectivity index (χ3v) is 4.98. The van der Waals surface area contributed by atoms with Gasteiger partial charge in [-0.25, -0.2) is 4.98 Å². The van der Waals surface area contributed by atoms with Crippen molar-refractivity contribution in [2.45, 2.75) is 19.8 Å². The molecule has 7 heteroatoms. The molecule has 0 bridgehead atoms. The van der Waals surface area contributed by atoms with Crippen LogP contribution in [0.5, 0.6) is 17.2 Å². The van der Waals surface area contributed by atoms with Crippen LogP contribution in [0, 0.1) is 0 Å². The van der Waals surface area contributed by atoms with Crippen LogP contribution in [0.4, 0.5) is 5.82 Å². The second kappa shape index (κ2) is 7.09. The van der Waals surface area contributed by atoms with E-state index in [1.54, 1.807) is 20.3 Å². The van der Waals surface area contributed by atoms with Crippen LogP contribution in [-0.2, 0) is 0 Å². The summed E-state index contributed by atoms with van der Waals surface area (Å²) in [5.74, 6) is 2.29. The standard InChI is InChI=1S/C22H24N4O3/c1-12(2)19-20(27)18(22-24-16-7-5-6-8-17(16)25-22)21(23)26(19)13-9-14(28-3)11-15(10-13)29-4/h5-12,27H,23H2,1-4H3,(H,24,25). The second-order valence-corrected chi connectivity index (χ2v) is 7.16. The number of nitrogens with two attached hydrogens (primary N) is 1. The fourth-order valence-corrected chi connectivity index (χ4v) is 3.63.